The maximum Gasteiger partial charge on any atom is 0.321 e. The van der Waals surface area contributed by atoms with Gasteiger partial charge in [-0.2, -0.15) is 0 Å². The van der Waals surface area contributed by atoms with Gasteiger partial charge in [-0.3, -0.25) is 0 Å². The molecular weight excluding hydrogens is 635 g/mol. The molecule has 13 heteroatoms. The molecule has 1 atom stereocenters. The first-order chi connectivity index (χ1) is 21.3. The number of benzene rings is 3. The summed E-state index contributed by atoms with van der Waals surface area (Å²) in [6.07, 6.45) is 1.61. The molecule has 0 aliphatic carbocycles. The molecule has 0 fully saturated rings. The number of hydrogen-bond acceptors (Lipinski definition) is 5. The van der Waals surface area contributed by atoms with Crippen molar-refractivity contribution in [2.45, 2.75) is 44.0 Å². The van der Waals surface area contributed by atoms with Crippen molar-refractivity contribution < 1.29 is 18.0 Å². The standard InChI is InChI=1S/C32H42Cl2N6O4S/c1-23(2)20-27(37-31(41)36-25-10-6-5-7-11-25)22-40(32(42)38-26-13-15-28(16-14-26)39(3)4)19-9-8-18-35-45(43,44)30-17-12-24(33)21-29(30)34/h5-7,10-17,21,23,27,35H,8-9,18-20,22H2,1-4H3,(H,38,42)(H2,36,37,41)/t27-/m0/s1. The van der Waals surface area contributed by atoms with E-state index in [0.717, 1.165) is 5.69 Å². The molecular formula is C32H42Cl2N6O4S. The van der Waals surface area contributed by atoms with E-state index in [1.54, 1.807) is 17.0 Å². The van der Waals surface area contributed by atoms with Crippen LogP contribution in [0.4, 0.5) is 26.7 Å². The van der Waals surface area contributed by atoms with Gasteiger partial charge in [0, 0.05) is 61.9 Å². The molecule has 45 heavy (non-hydrogen) atoms. The Morgan fingerprint density at radius 1 is 0.867 bits per heavy atom. The van der Waals surface area contributed by atoms with Crippen molar-refractivity contribution in [1.82, 2.24) is 14.9 Å². The predicted octanol–water partition coefficient (Wildman–Crippen LogP) is 6.89. The minimum atomic E-state index is -3.84. The van der Waals surface area contributed by atoms with E-state index in [4.69, 9.17) is 23.2 Å². The summed E-state index contributed by atoms with van der Waals surface area (Å²) in [6, 6.07) is 19.8. The summed E-state index contributed by atoms with van der Waals surface area (Å²) in [5, 5.41) is 9.21. The second kappa shape index (κ2) is 17.3. The molecule has 0 aliphatic rings. The van der Waals surface area contributed by atoms with Crippen LogP contribution < -0.4 is 25.6 Å². The Bertz CT molecular complexity index is 1510. The Labute approximate surface area is 276 Å². The molecule has 0 radical (unpaired) electrons. The molecule has 0 spiro atoms. The number of halogens is 2. The van der Waals surface area contributed by atoms with Crippen LogP contribution in [0.3, 0.4) is 0 Å². The van der Waals surface area contributed by atoms with Crippen LogP contribution in [0, 0.1) is 5.92 Å². The topological polar surface area (TPSA) is 123 Å². The molecule has 0 saturated carbocycles. The van der Waals surface area contributed by atoms with E-state index in [9.17, 15) is 18.0 Å². The third kappa shape index (κ3) is 12.1. The van der Waals surface area contributed by atoms with E-state index in [-0.39, 0.29) is 47.0 Å². The van der Waals surface area contributed by atoms with Crippen LogP contribution in [0.15, 0.2) is 77.7 Å². The first-order valence-electron chi connectivity index (χ1n) is 14.7. The fourth-order valence-electron chi connectivity index (χ4n) is 4.61. The van der Waals surface area contributed by atoms with E-state index >= 15 is 0 Å². The number of sulfonamides is 1. The maximum atomic E-state index is 13.5. The summed E-state index contributed by atoms with van der Waals surface area (Å²) in [5.41, 5.74) is 2.30. The second-order valence-electron chi connectivity index (χ2n) is 11.3. The lowest BCUT2D eigenvalue weighted by molar-refractivity contribution is 0.198. The summed E-state index contributed by atoms with van der Waals surface area (Å²) in [4.78, 5) is 30.0. The fraction of sp³-hybridized carbons (Fsp3) is 0.375. The number of carbonyl (C=O) groups is 2. The van der Waals surface area contributed by atoms with Gasteiger partial charge in [-0.25, -0.2) is 22.7 Å². The molecule has 3 aromatic rings. The van der Waals surface area contributed by atoms with Crippen molar-refractivity contribution in [3.05, 3.63) is 82.8 Å². The number of rotatable bonds is 15. The second-order valence-corrected chi connectivity index (χ2v) is 13.9. The molecule has 0 unspecified atom stereocenters. The highest BCUT2D eigenvalue weighted by molar-refractivity contribution is 7.89. The van der Waals surface area contributed by atoms with Crippen molar-refractivity contribution in [1.29, 1.82) is 0 Å². The molecule has 4 amide bonds. The van der Waals surface area contributed by atoms with Crippen molar-refractivity contribution in [3.63, 3.8) is 0 Å². The molecule has 0 heterocycles. The highest BCUT2D eigenvalue weighted by Gasteiger charge is 2.23. The van der Waals surface area contributed by atoms with Crippen molar-refractivity contribution in [2.75, 3.05) is 49.3 Å². The Morgan fingerprint density at radius 2 is 1.53 bits per heavy atom. The van der Waals surface area contributed by atoms with E-state index in [0.29, 0.717) is 42.2 Å². The number of hydrogen-bond donors (Lipinski definition) is 4. The van der Waals surface area contributed by atoms with E-state index < -0.39 is 10.0 Å². The van der Waals surface area contributed by atoms with Crippen LogP contribution in [0.25, 0.3) is 0 Å². The van der Waals surface area contributed by atoms with Crippen molar-refractivity contribution >= 4 is 62.3 Å². The summed E-state index contributed by atoms with van der Waals surface area (Å²) in [5.74, 6) is 0.254. The Kier molecular flexibility index (Phi) is 13.8. The molecule has 244 valence electrons. The van der Waals surface area contributed by atoms with Gasteiger partial charge in [0.25, 0.3) is 0 Å². The van der Waals surface area contributed by atoms with Gasteiger partial charge in [-0.15, -0.1) is 0 Å². The zero-order valence-corrected chi connectivity index (χ0v) is 28.3. The number of nitrogens with zero attached hydrogens (tertiary/aromatic N) is 2. The number of carbonyl (C=O) groups excluding carboxylic acids is 2. The molecule has 0 saturated heterocycles. The van der Waals surface area contributed by atoms with Crippen molar-refractivity contribution in [3.8, 4) is 0 Å². The van der Waals surface area contributed by atoms with Gasteiger partial charge in [0.1, 0.15) is 4.90 Å². The van der Waals surface area contributed by atoms with Crippen LogP contribution in [-0.4, -0.2) is 65.2 Å². The van der Waals surface area contributed by atoms with E-state index in [1.807, 2.05) is 61.5 Å². The summed E-state index contributed by atoms with van der Waals surface area (Å²) < 4.78 is 28.1. The highest BCUT2D eigenvalue weighted by atomic mass is 35.5. The largest absolute Gasteiger partial charge is 0.378 e. The Hall–Kier alpha value is -3.51. The first kappa shape index (κ1) is 36.0. The quantitative estimate of drug-likeness (QED) is 0.131. The van der Waals surface area contributed by atoms with Gasteiger partial charge in [0.15, 0.2) is 0 Å². The SMILES string of the molecule is CC(C)C[C@@H](CN(CCCCNS(=O)(=O)c1ccc(Cl)cc1Cl)C(=O)Nc1ccc(N(C)C)cc1)NC(=O)Nc1ccccc1. The van der Waals surface area contributed by atoms with Gasteiger partial charge in [0.2, 0.25) is 10.0 Å². The Balaban J connectivity index is 1.68. The van der Waals surface area contributed by atoms with Crippen LogP contribution in [0.2, 0.25) is 10.0 Å². The first-order valence-corrected chi connectivity index (χ1v) is 17.0. The number of para-hydroxylation sites is 1. The lowest BCUT2D eigenvalue weighted by atomic mass is 10.0. The smallest absolute Gasteiger partial charge is 0.321 e. The van der Waals surface area contributed by atoms with Crippen LogP contribution in [0.5, 0.6) is 0 Å². The number of anilines is 3. The maximum absolute atomic E-state index is 13.5. The van der Waals surface area contributed by atoms with Gasteiger partial charge in [0.05, 0.1) is 5.02 Å². The molecule has 3 aromatic carbocycles. The third-order valence-corrected chi connectivity index (χ3v) is 9.00. The summed E-state index contributed by atoms with van der Waals surface area (Å²) in [7, 11) is 0.0412. The summed E-state index contributed by atoms with van der Waals surface area (Å²) in [6.45, 7) is 4.85. The van der Waals surface area contributed by atoms with Gasteiger partial charge in [-0.05, 0) is 79.8 Å². The van der Waals surface area contributed by atoms with Crippen LogP contribution in [0.1, 0.15) is 33.1 Å². The minimum absolute atomic E-state index is 0.0384. The zero-order valence-electron chi connectivity index (χ0n) is 26.0. The average Bonchev–Trinajstić information content (AvgIpc) is 2.96. The molecule has 10 nitrogen and oxygen atoms in total. The Morgan fingerprint density at radius 3 is 2.16 bits per heavy atom. The predicted molar refractivity (Wildman–Crippen MR) is 184 cm³/mol. The number of urea groups is 2. The van der Waals surface area contributed by atoms with Gasteiger partial charge in [-0.1, -0.05) is 55.2 Å². The lowest BCUT2D eigenvalue weighted by Crippen LogP contribution is -2.49. The molecule has 4 N–H and O–H groups in total. The normalized spacial score (nSPS) is 12.0. The minimum Gasteiger partial charge on any atom is -0.378 e. The molecule has 3 rings (SSSR count). The third-order valence-electron chi connectivity index (χ3n) is 6.82. The van der Waals surface area contributed by atoms with Crippen LogP contribution >= 0.6 is 23.2 Å². The number of nitrogens with one attached hydrogen (secondary N) is 4. The number of unbranched alkanes of at least 4 members (excludes halogenated alkanes) is 1. The van der Waals surface area contributed by atoms with Gasteiger partial charge < -0.3 is 25.8 Å². The summed E-state index contributed by atoms with van der Waals surface area (Å²) >= 11 is 12.0. The fourth-order valence-corrected chi connectivity index (χ4v) is 6.46. The van der Waals surface area contributed by atoms with E-state index in [1.165, 1.54) is 18.2 Å². The molecule has 0 aliphatic heterocycles. The van der Waals surface area contributed by atoms with Crippen LogP contribution in [-0.2, 0) is 10.0 Å². The van der Waals surface area contributed by atoms with Gasteiger partial charge >= 0.3 is 12.1 Å². The lowest BCUT2D eigenvalue weighted by Gasteiger charge is -2.29. The van der Waals surface area contributed by atoms with E-state index in [2.05, 4.69) is 34.5 Å². The molecule has 0 aromatic heterocycles. The van der Waals surface area contributed by atoms with Crippen molar-refractivity contribution in [2.24, 2.45) is 5.92 Å². The highest BCUT2D eigenvalue weighted by Crippen LogP contribution is 2.25. The molecule has 0 bridgehead atoms. The average molecular weight is 678 g/mol. The number of amides is 4. The monoisotopic (exact) mass is 676 g/mol. The zero-order chi connectivity index (χ0) is 33.0.